The van der Waals surface area contributed by atoms with E-state index in [0.717, 1.165) is 14.3 Å². The number of carbonyl (C=O) groups excluding carboxylic acids is 1. The van der Waals surface area contributed by atoms with Crippen molar-refractivity contribution in [3.05, 3.63) is 58.6 Å². The monoisotopic (exact) mass is 570 g/mol. The first-order valence-corrected chi connectivity index (χ1v) is 13.2. The number of fused-ring (bicyclic) bond motifs is 1. The van der Waals surface area contributed by atoms with Gasteiger partial charge in [0.1, 0.15) is 24.6 Å². The molecule has 2 saturated heterocycles. The van der Waals surface area contributed by atoms with Crippen molar-refractivity contribution in [1.29, 1.82) is 0 Å². The number of hydrogen-bond acceptors (Lipinski definition) is 8. The van der Waals surface area contributed by atoms with Gasteiger partial charge in [0.05, 0.1) is 17.0 Å². The van der Waals surface area contributed by atoms with Crippen molar-refractivity contribution < 1.29 is 37.7 Å². The van der Waals surface area contributed by atoms with Gasteiger partial charge in [-0.2, -0.15) is 4.31 Å². The molecule has 0 radical (unpaired) electrons. The number of nitrogens with zero attached hydrogens (tertiary/aromatic N) is 1. The summed E-state index contributed by atoms with van der Waals surface area (Å²) >= 11 is 3.38. The molecule has 3 N–H and O–H groups in total. The van der Waals surface area contributed by atoms with Gasteiger partial charge in [-0.15, -0.1) is 0 Å². The highest BCUT2D eigenvalue weighted by Gasteiger charge is 2.56. The number of piperidine rings is 1. The van der Waals surface area contributed by atoms with E-state index in [9.17, 15) is 18.3 Å². The number of sulfonamides is 1. The smallest absolute Gasteiger partial charge is 0.245 e. The fourth-order valence-corrected chi connectivity index (χ4v) is 6.24. The Morgan fingerprint density at radius 1 is 1.14 bits per heavy atom. The van der Waals surface area contributed by atoms with Gasteiger partial charge in [-0.1, -0.05) is 28.1 Å². The lowest BCUT2D eigenvalue weighted by atomic mass is 9.94. The summed E-state index contributed by atoms with van der Waals surface area (Å²) in [6.45, 7) is 3.31. The Kier molecular flexibility index (Phi) is 7.53. The van der Waals surface area contributed by atoms with E-state index >= 15 is 0 Å². The highest BCUT2D eigenvalue weighted by atomic mass is 79.9. The summed E-state index contributed by atoms with van der Waals surface area (Å²) < 4.78 is 46.5. The molecule has 10 nitrogen and oxygen atoms in total. The number of halogens is 1. The zero-order valence-electron chi connectivity index (χ0n) is 19.1. The maximum absolute atomic E-state index is 13.6. The predicted molar refractivity (Wildman–Crippen MR) is 127 cm³/mol. The molecule has 0 spiro atoms. The van der Waals surface area contributed by atoms with Gasteiger partial charge in [0.15, 0.2) is 5.79 Å². The van der Waals surface area contributed by atoms with Crippen molar-refractivity contribution >= 4 is 31.9 Å². The molecule has 0 bridgehead atoms. The summed E-state index contributed by atoms with van der Waals surface area (Å²) in [7, 11) is -4.15. The molecular formula is C23H27BrN2O8S. The standard InChI is InChI=1S/C23H27BrN2O8S/c1-23(2)33-21-18(11-20(28)25-29)26(12-19(27)22(21)34-23)35(30,31)17-9-7-16(8-10-17)32-13-14-3-5-15(24)6-4-14/h3-10,18-19,21-22,27,29H,11-13H2,1-2H3,(H,25,28)/t18-,19-,21+,22-/m1/s1. The van der Waals surface area contributed by atoms with Crippen LogP contribution in [0.25, 0.3) is 0 Å². The Bertz CT molecular complexity index is 1160. The molecule has 2 aliphatic rings. The minimum absolute atomic E-state index is 0.0354. The van der Waals surface area contributed by atoms with Crippen molar-refractivity contribution in [2.45, 2.75) is 61.9 Å². The molecule has 2 heterocycles. The Balaban J connectivity index is 1.55. The van der Waals surface area contributed by atoms with Crippen LogP contribution in [-0.2, 0) is 30.9 Å². The van der Waals surface area contributed by atoms with E-state index in [1.54, 1.807) is 26.0 Å². The first-order valence-electron chi connectivity index (χ1n) is 11.0. The summed E-state index contributed by atoms with van der Waals surface area (Å²) in [5, 5.41) is 19.7. The van der Waals surface area contributed by atoms with Crippen LogP contribution in [0.15, 0.2) is 57.9 Å². The number of hydroxylamine groups is 1. The Hall–Kier alpha value is -2.06. The molecule has 12 heteroatoms. The SMILES string of the molecule is CC1(C)O[C@@H]2[C@H](O1)[C@H](O)CN(S(=O)(=O)c1ccc(OCc3ccc(Br)cc3)cc1)[C@@H]2CC(=O)NO. The van der Waals surface area contributed by atoms with E-state index in [1.807, 2.05) is 24.3 Å². The molecule has 190 valence electrons. The number of benzene rings is 2. The van der Waals surface area contributed by atoms with Crippen molar-refractivity contribution in [2.75, 3.05) is 6.54 Å². The van der Waals surface area contributed by atoms with Crippen LogP contribution in [-0.4, -0.2) is 65.6 Å². The number of carbonyl (C=O) groups is 1. The van der Waals surface area contributed by atoms with Crippen LogP contribution < -0.4 is 10.2 Å². The molecule has 2 aromatic carbocycles. The van der Waals surface area contributed by atoms with Crippen molar-refractivity contribution in [2.24, 2.45) is 0 Å². The third-order valence-electron chi connectivity index (χ3n) is 5.93. The molecule has 4 rings (SSSR count). The minimum atomic E-state index is -4.15. The van der Waals surface area contributed by atoms with E-state index < -0.39 is 46.1 Å². The number of nitrogens with one attached hydrogen (secondary N) is 1. The zero-order chi connectivity index (χ0) is 25.4. The van der Waals surface area contributed by atoms with Crippen molar-refractivity contribution in [3.63, 3.8) is 0 Å². The molecule has 0 unspecified atom stereocenters. The molecule has 2 fully saturated rings. The molecule has 0 aliphatic carbocycles. The lowest BCUT2D eigenvalue weighted by Crippen LogP contribution is -2.62. The predicted octanol–water partition coefficient (Wildman–Crippen LogP) is 2.18. The summed E-state index contributed by atoms with van der Waals surface area (Å²) in [6, 6.07) is 12.5. The highest BCUT2D eigenvalue weighted by Crippen LogP contribution is 2.39. The summed E-state index contributed by atoms with van der Waals surface area (Å²) in [5.74, 6) is -1.37. The molecular weight excluding hydrogens is 544 g/mol. The van der Waals surface area contributed by atoms with Crippen LogP contribution in [0.5, 0.6) is 5.75 Å². The van der Waals surface area contributed by atoms with Crippen LogP contribution in [0.2, 0.25) is 0 Å². The Labute approximate surface area is 211 Å². The summed E-state index contributed by atoms with van der Waals surface area (Å²) in [4.78, 5) is 12.0. The third kappa shape index (κ3) is 5.69. The highest BCUT2D eigenvalue weighted by molar-refractivity contribution is 9.10. The van der Waals surface area contributed by atoms with E-state index in [-0.39, 0.29) is 17.9 Å². The van der Waals surface area contributed by atoms with E-state index in [4.69, 9.17) is 19.4 Å². The van der Waals surface area contributed by atoms with Crippen molar-refractivity contribution in [3.8, 4) is 5.75 Å². The second-order valence-corrected chi connectivity index (χ2v) is 11.7. The van der Waals surface area contributed by atoms with E-state index in [1.165, 1.54) is 17.6 Å². The number of aliphatic hydroxyl groups excluding tert-OH is 1. The topological polar surface area (TPSA) is 135 Å². The van der Waals surface area contributed by atoms with Crippen LogP contribution >= 0.6 is 15.9 Å². The van der Waals surface area contributed by atoms with Crippen molar-refractivity contribution in [1.82, 2.24) is 9.79 Å². The number of ether oxygens (including phenoxy) is 3. The summed E-state index contributed by atoms with van der Waals surface area (Å²) in [6.07, 6.45) is -3.27. The molecule has 1 amide bonds. The van der Waals surface area contributed by atoms with Gasteiger partial charge in [-0.05, 0) is 55.8 Å². The maximum Gasteiger partial charge on any atom is 0.245 e. The average Bonchev–Trinajstić information content (AvgIpc) is 3.16. The van der Waals surface area contributed by atoms with Crippen LogP contribution in [0.1, 0.15) is 25.8 Å². The minimum Gasteiger partial charge on any atom is -0.489 e. The maximum atomic E-state index is 13.6. The van der Waals surface area contributed by atoms with Gasteiger partial charge in [0.2, 0.25) is 15.9 Å². The number of rotatable bonds is 7. The number of hydrogen-bond donors (Lipinski definition) is 3. The van der Waals surface area contributed by atoms with E-state index in [2.05, 4.69) is 15.9 Å². The third-order valence-corrected chi connectivity index (χ3v) is 8.36. The molecule has 2 aliphatic heterocycles. The average molecular weight is 571 g/mol. The molecule has 35 heavy (non-hydrogen) atoms. The fraction of sp³-hybridized carbons (Fsp3) is 0.435. The first kappa shape index (κ1) is 26.0. The molecule has 4 atom stereocenters. The number of amides is 1. The van der Waals surface area contributed by atoms with E-state index in [0.29, 0.717) is 12.4 Å². The van der Waals surface area contributed by atoms with Crippen LogP contribution in [0.4, 0.5) is 0 Å². The molecule has 0 saturated carbocycles. The first-order chi connectivity index (χ1) is 16.5. The lowest BCUT2D eigenvalue weighted by molar-refractivity contribution is -0.153. The normalized spacial score (nSPS) is 26.2. The van der Waals surface area contributed by atoms with Crippen LogP contribution in [0, 0.1) is 0 Å². The number of β-amino-alcohol motifs (C(OH)–C–C–N with tert-alkyl or cyclic N) is 1. The zero-order valence-corrected chi connectivity index (χ0v) is 21.5. The van der Waals surface area contributed by atoms with Gasteiger partial charge in [-0.25, -0.2) is 13.9 Å². The largest absolute Gasteiger partial charge is 0.489 e. The summed E-state index contributed by atoms with van der Waals surface area (Å²) in [5.41, 5.74) is 2.49. The lowest BCUT2D eigenvalue weighted by Gasteiger charge is -2.42. The molecule has 0 aromatic heterocycles. The Morgan fingerprint density at radius 2 is 1.77 bits per heavy atom. The van der Waals surface area contributed by atoms with Gasteiger partial charge >= 0.3 is 0 Å². The van der Waals surface area contributed by atoms with Crippen LogP contribution in [0.3, 0.4) is 0 Å². The molecule has 2 aromatic rings. The van der Waals surface area contributed by atoms with Gasteiger partial charge in [-0.3, -0.25) is 10.0 Å². The quantitative estimate of drug-likeness (QED) is 0.340. The second-order valence-electron chi connectivity index (χ2n) is 8.90. The Morgan fingerprint density at radius 3 is 2.40 bits per heavy atom. The van der Waals surface area contributed by atoms with Gasteiger partial charge < -0.3 is 19.3 Å². The van der Waals surface area contributed by atoms with Gasteiger partial charge in [0, 0.05) is 17.4 Å². The second kappa shape index (κ2) is 10.1. The fourth-order valence-electron chi connectivity index (χ4n) is 4.32. The van der Waals surface area contributed by atoms with Gasteiger partial charge in [0.25, 0.3) is 0 Å². The number of aliphatic hydroxyl groups is 1.